The Kier molecular flexibility index (Phi) is 3.88. The highest BCUT2D eigenvalue weighted by atomic mass is 16.5. The van der Waals surface area contributed by atoms with Crippen LogP contribution in [0.5, 0.6) is 5.88 Å². The third-order valence-electron chi connectivity index (χ3n) is 6.80. The number of benzene rings is 2. The maximum Gasteiger partial charge on any atom is 0.213 e. The second-order valence-corrected chi connectivity index (χ2v) is 8.36. The first kappa shape index (κ1) is 17.0. The molecule has 0 spiro atoms. The average molecular weight is 384 g/mol. The Morgan fingerprint density at radius 3 is 2.59 bits per heavy atom. The molecule has 3 saturated heterocycles. The zero-order valence-electron chi connectivity index (χ0n) is 16.5. The second-order valence-electron chi connectivity index (χ2n) is 8.36. The average Bonchev–Trinajstić information content (AvgIpc) is 3.16. The Hall–Kier alpha value is -2.85. The van der Waals surface area contributed by atoms with Crippen LogP contribution in [0.15, 0.2) is 65.2 Å². The largest absolute Gasteiger partial charge is 0.472 e. The molecule has 0 unspecified atom stereocenters. The van der Waals surface area contributed by atoms with E-state index in [9.17, 15) is 0 Å². The van der Waals surface area contributed by atoms with Gasteiger partial charge in [0.2, 0.25) is 5.88 Å². The molecule has 0 N–H and O–H groups in total. The van der Waals surface area contributed by atoms with E-state index in [4.69, 9.17) is 9.15 Å². The van der Waals surface area contributed by atoms with Crippen LogP contribution in [-0.2, 0) is 0 Å². The van der Waals surface area contributed by atoms with Crippen LogP contribution < -0.4 is 4.74 Å². The van der Waals surface area contributed by atoms with Gasteiger partial charge in [0.1, 0.15) is 17.3 Å². The highest BCUT2D eigenvalue weighted by Crippen LogP contribution is 2.37. The number of ether oxygens (including phenoxy) is 1. The summed E-state index contributed by atoms with van der Waals surface area (Å²) in [5, 5.41) is 2.29. The van der Waals surface area contributed by atoms with Crippen LogP contribution in [0.2, 0.25) is 0 Å². The zero-order chi connectivity index (χ0) is 19.4. The summed E-state index contributed by atoms with van der Waals surface area (Å²) in [6, 6.07) is 19.0. The van der Waals surface area contributed by atoms with E-state index in [-0.39, 0.29) is 6.10 Å². The van der Waals surface area contributed by atoms with Crippen molar-refractivity contribution in [2.45, 2.75) is 31.9 Å². The molecule has 0 amide bonds. The molecule has 0 aliphatic carbocycles. The lowest BCUT2D eigenvalue weighted by molar-refractivity contribution is -0.0525. The Labute approximate surface area is 170 Å². The normalized spacial score (nSPS) is 26.2. The molecule has 0 radical (unpaired) electrons. The molecule has 4 heteroatoms. The van der Waals surface area contributed by atoms with Gasteiger partial charge >= 0.3 is 0 Å². The Bertz CT molecular complexity index is 1170. The van der Waals surface area contributed by atoms with E-state index in [1.807, 2.05) is 30.5 Å². The molecule has 2 aromatic heterocycles. The van der Waals surface area contributed by atoms with Gasteiger partial charge in [-0.15, -0.1) is 0 Å². The standard InChI is InChI=1S/C25H24N2O2/c1-16-24(17-11-13-27(16)14-12-17)29-23-10-9-18(15-26-23)19-6-4-7-21-20-5-2-3-8-22(20)28-25(19)21/h2-10,15-17,24H,11-14H2,1H3/t16-,24-/m0/s1. The molecule has 0 saturated carbocycles. The number of nitrogens with zero attached hydrogens (tertiary/aromatic N) is 2. The van der Waals surface area contributed by atoms with E-state index in [2.05, 4.69) is 47.1 Å². The first-order valence-corrected chi connectivity index (χ1v) is 10.6. The van der Waals surface area contributed by atoms with Gasteiger partial charge in [-0.2, -0.15) is 0 Å². The summed E-state index contributed by atoms with van der Waals surface area (Å²) < 4.78 is 12.5. The predicted molar refractivity (Wildman–Crippen MR) is 115 cm³/mol. The second kappa shape index (κ2) is 6.60. The number of furan rings is 1. The molecule has 5 heterocycles. The van der Waals surface area contributed by atoms with Gasteiger partial charge in [-0.1, -0.05) is 36.4 Å². The van der Waals surface area contributed by atoms with Crippen molar-refractivity contribution in [3.8, 4) is 17.0 Å². The van der Waals surface area contributed by atoms with Crippen LogP contribution in [0.3, 0.4) is 0 Å². The fourth-order valence-electron chi connectivity index (χ4n) is 5.17. The molecule has 3 fully saturated rings. The van der Waals surface area contributed by atoms with Crippen LogP contribution in [-0.4, -0.2) is 35.1 Å². The lowest BCUT2D eigenvalue weighted by Gasteiger charge is -2.49. The molecule has 7 rings (SSSR count). The van der Waals surface area contributed by atoms with Crippen LogP contribution in [0.4, 0.5) is 0 Å². The minimum atomic E-state index is 0.245. The van der Waals surface area contributed by atoms with E-state index in [0.29, 0.717) is 12.0 Å². The predicted octanol–water partition coefficient (Wildman–Crippen LogP) is 5.51. The number of fused-ring (bicyclic) bond motifs is 6. The van der Waals surface area contributed by atoms with Crippen molar-refractivity contribution in [1.82, 2.24) is 9.88 Å². The first-order chi connectivity index (χ1) is 14.3. The third kappa shape index (κ3) is 2.74. The Balaban J connectivity index is 1.32. The summed E-state index contributed by atoms with van der Waals surface area (Å²) in [4.78, 5) is 7.19. The van der Waals surface area contributed by atoms with Gasteiger partial charge in [-0.3, -0.25) is 4.90 Å². The summed E-state index contributed by atoms with van der Waals surface area (Å²) in [6.45, 7) is 4.70. The summed E-state index contributed by atoms with van der Waals surface area (Å²) >= 11 is 0. The number of hydrogen-bond acceptors (Lipinski definition) is 4. The molecule has 3 aliphatic rings. The van der Waals surface area contributed by atoms with E-state index < -0.39 is 0 Å². The van der Waals surface area contributed by atoms with Crippen LogP contribution in [0.25, 0.3) is 33.1 Å². The number of rotatable bonds is 3. The molecule has 4 nitrogen and oxygen atoms in total. The molecule has 2 aromatic carbocycles. The summed E-state index contributed by atoms with van der Waals surface area (Å²) in [7, 11) is 0. The minimum absolute atomic E-state index is 0.245. The zero-order valence-corrected chi connectivity index (χ0v) is 16.5. The SMILES string of the molecule is C[C@H]1[C@H](Oc2ccc(-c3cccc4c3oc3ccccc34)cn2)C2CCN1CC2. The fraction of sp³-hybridized carbons (Fsp3) is 0.320. The van der Waals surface area contributed by atoms with Gasteiger partial charge in [0.15, 0.2) is 0 Å². The van der Waals surface area contributed by atoms with Crippen molar-refractivity contribution in [2.24, 2.45) is 5.92 Å². The molecular formula is C25H24N2O2. The Morgan fingerprint density at radius 1 is 0.966 bits per heavy atom. The number of pyridine rings is 1. The number of piperidine rings is 3. The highest BCUT2D eigenvalue weighted by Gasteiger charge is 2.41. The topological polar surface area (TPSA) is 38.5 Å². The lowest BCUT2D eigenvalue weighted by atomic mass is 9.81. The van der Waals surface area contributed by atoms with Crippen molar-refractivity contribution < 1.29 is 9.15 Å². The first-order valence-electron chi connectivity index (χ1n) is 10.6. The van der Waals surface area contributed by atoms with Crippen LogP contribution >= 0.6 is 0 Å². The van der Waals surface area contributed by atoms with Crippen molar-refractivity contribution >= 4 is 21.9 Å². The maximum absolute atomic E-state index is 6.35. The van der Waals surface area contributed by atoms with Gasteiger partial charge in [0.25, 0.3) is 0 Å². The van der Waals surface area contributed by atoms with Gasteiger partial charge in [0, 0.05) is 40.2 Å². The molecule has 146 valence electrons. The van der Waals surface area contributed by atoms with Crippen molar-refractivity contribution in [3.05, 3.63) is 60.8 Å². The maximum atomic E-state index is 6.35. The molecular weight excluding hydrogens is 360 g/mol. The van der Waals surface area contributed by atoms with Gasteiger partial charge < -0.3 is 9.15 Å². The third-order valence-corrected chi connectivity index (χ3v) is 6.80. The quantitative estimate of drug-likeness (QED) is 0.467. The summed E-state index contributed by atoms with van der Waals surface area (Å²) in [5.41, 5.74) is 3.94. The Morgan fingerprint density at radius 2 is 1.79 bits per heavy atom. The van der Waals surface area contributed by atoms with E-state index in [1.165, 1.54) is 25.9 Å². The summed E-state index contributed by atoms with van der Waals surface area (Å²) in [6.07, 6.45) is 4.63. The fourth-order valence-corrected chi connectivity index (χ4v) is 5.17. The number of para-hydroxylation sites is 2. The van der Waals surface area contributed by atoms with E-state index >= 15 is 0 Å². The smallest absolute Gasteiger partial charge is 0.213 e. The highest BCUT2D eigenvalue weighted by molar-refractivity contribution is 6.09. The summed E-state index contributed by atoms with van der Waals surface area (Å²) in [5.74, 6) is 1.37. The van der Waals surface area contributed by atoms with Gasteiger partial charge in [-0.05, 0) is 50.9 Å². The van der Waals surface area contributed by atoms with Crippen molar-refractivity contribution in [2.75, 3.05) is 13.1 Å². The van der Waals surface area contributed by atoms with Crippen LogP contribution in [0, 0.1) is 5.92 Å². The van der Waals surface area contributed by atoms with E-state index in [1.54, 1.807) is 0 Å². The molecule has 3 aliphatic heterocycles. The van der Waals surface area contributed by atoms with Crippen molar-refractivity contribution in [3.63, 3.8) is 0 Å². The number of hydrogen-bond donors (Lipinski definition) is 0. The molecule has 4 aromatic rings. The van der Waals surface area contributed by atoms with Gasteiger partial charge in [0.05, 0.1) is 0 Å². The van der Waals surface area contributed by atoms with Gasteiger partial charge in [-0.25, -0.2) is 4.98 Å². The van der Waals surface area contributed by atoms with Crippen LogP contribution in [0.1, 0.15) is 19.8 Å². The van der Waals surface area contributed by atoms with Crippen molar-refractivity contribution in [1.29, 1.82) is 0 Å². The minimum Gasteiger partial charge on any atom is -0.472 e. The number of aromatic nitrogens is 1. The monoisotopic (exact) mass is 384 g/mol. The molecule has 2 atom stereocenters. The lowest BCUT2D eigenvalue weighted by Crippen LogP contribution is -2.58. The molecule has 29 heavy (non-hydrogen) atoms. The van der Waals surface area contributed by atoms with E-state index in [0.717, 1.165) is 38.9 Å². The molecule has 2 bridgehead atoms.